The van der Waals surface area contributed by atoms with Gasteiger partial charge in [-0.15, -0.1) is 11.3 Å². The average molecular weight is 309 g/mol. The molecule has 0 atom stereocenters. The Labute approximate surface area is 132 Å². The van der Waals surface area contributed by atoms with E-state index >= 15 is 0 Å². The third-order valence-electron chi connectivity index (χ3n) is 3.99. The van der Waals surface area contributed by atoms with Crippen molar-refractivity contribution in [1.29, 1.82) is 0 Å². The number of pyridine rings is 1. The number of anilines is 1. The summed E-state index contributed by atoms with van der Waals surface area (Å²) in [6.07, 6.45) is 2.94. The molecule has 3 aromatic rings. The van der Waals surface area contributed by atoms with E-state index in [1.807, 2.05) is 36.6 Å². The van der Waals surface area contributed by atoms with Crippen LogP contribution < -0.4 is 5.32 Å². The van der Waals surface area contributed by atoms with Gasteiger partial charge in [-0.2, -0.15) is 0 Å². The zero-order chi connectivity index (χ0) is 15.1. The van der Waals surface area contributed by atoms with E-state index in [-0.39, 0.29) is 5.91 Å². The number of aromatic nitrogens is 2. The number of carbonyl (C=O) groups is 1. The Hall–Kier alpha value is -2.27. The molecule has 0 spiro atoms. The molecule has 22 heavy (non-hydrogen) atoms. The van der Waals surface area contributed by atoms with Crippen molar-refractivity contribution in [3.05, 3.63) is 52.2 Å². The van der Waals surface area contributed by atoms with E-state index in [4.69, 9.17) is 4.98 Å². The molecule has 1 aromatic carbocycles. The molecule has 1 amide bonds. The van der Waals surface area contributed by atoms with E-state index in [1.54, 1.807) is 0 Å². The van der Waals surface area contributed by atoms with Gasteiger partial charge in [-0.05, 0) is 37.8 Å². The van der Waals surface area contributed by atoms with Crippen LogP contribution in [-0.4, -0.2) is 15.9 Å². The second-order valence-corrected chi connectivity index (χ2v) is 6.39. The van der Waals surface area contributed by atoms with Crippen LogP contribution in [0.4, 0.5) is 5.13 Å². The van der Waals surface area contributed by atoms with Crippen molar-refractivity contribution in [2.24, 2.45) is 0 Å². The van der Waals surface area contributed by atoms with Crippen LogP contribution in [0.15, 0.2) is 29.6 Å². The molecule has 4 rings (SSSR count). The summed E-state index contributed by atoms with van der Waals surface area (Å²) >= 11 is 1.45. The van der Waals surface area contributed by atoms with Crippen molar-refractivity contribution in [2.45, 2.75) is 26.2 Å². The number of benzene rings is 1. The molecule has 110 valence electrons. The minimum absolute atomic E-state index is 0.0777. The second kappa shape index (κ2) is 5.18. The van der Waals surface area contributed by atoms with Crippen LogP contribution >= 0.6 is 11.3 Å². The quantitative estimate of drug-likeness (QED) is 0.784. The number of hydrogen-bond donors (Lipinski definition) is 1. The summed E-state index contributed by atoms with van der Waals surface area (Å²) < 4.78 is 0. The van der Waals surface area contributed by atoms with Crippen molar-refractivity contribution >= 4 is 33.3 Å². The minimum Gasteiger partial charge on any atom is -0.298 e. The van der Waals surface area contributed by atoms with Gasteiger partial charge in [0.25, 0.3) is 5.91 Å². The summed E-state index contributed by atoms with van der Waals surface area (Å²) in [5.74, 6) is -0.0777. The van der Waals surface area contributed by atoms with Crippen LogP contribution in [0.2, 0.25) is 0 Å². The molecule has 4 nitrogen and oxygen atoms in total. The molecular formula is C17H15N3OS. The Kier molecular flexibility index (Phi) is 3.15. The summed E-state index contributed by atoms with van der Waals surface area (Å²) in [6, 6.07) is 7.86. The highest BCUT2D eigenvalue weighted by Gasteiger charge is 2.24. The fourth-order valence-corrected chi connectivity index (χ4v) is 3.72. The fraction of sp³-hybridized carbons (Fsp3) is 0.235. The lowest BCUT2D eigenvalue weighted by atomic mass is 10.0. The number of aryl methyl sites for hydroxylation is 2. The number of nitrogens with zero attached hydrogens (tertiary/aromatic N) is 2. The number of amides is 1. The van der Waals surface area contributed by atoms with Gasteiger partial charge in [0.05, 0.1) is 16.8 Å². The molecule has 1 aliphatic carbocycles. The van der Waals surface area contributed by atoms with Gasteiger partial charge in [0.15, 0.2) is 5.13 Å². The number of thiazole rings is 1. The average Bonchev–Trinajstić information content (AvgIpc) is 3.13. The van der Waals surface area contributed by atoms with Crippen LogP contribution in [0, 0.1) is 6.92 Å². The summed E-state index contributed by atoms with van der Waals surface area (Å²) in [6.45, 7) is 1.92. The molecular weight excluding hydrogens is 294 g/mol. The lowest BCUT2D eigenvalue weighted by Gasteiger charge is -2.11. The van der Waals surface area contributed by atoms with Gasteiger partial charge in [-0.25, -0.2) is 4.98 Å². The maximum atomic E-state index is 12.8. The van der Waals surface area contributed by atoms with Crippen LogP contribution in [-0.2, 0) is 12.8 Å². The maximum Gasteiger partial charge on any atom is 0.258 e. The largest absolute Gasteiger partial charge is 0.298 e. The van der Waals surface area contributed by atoms with Gasteiger partial charge in [0.2, 0.25) is 0 Å². The first-order valence-electron chi connectivity index (χ1n) is 7.36. The third kappa shape index (κ3) is 2.18. The van der Waals surface area contributed by atoms with E-state index < -0.39 is 0 Å². The number of fused-ring (bicyclic) bond motifs is 2. The van der Waals surface area contributed by atoms with Gasteiger partial charge in [-0.3, -0.25) is 15.1 Å². The normalized spacial score (nSPS) is 13.3. The molecule has 1 aliphatic rings. The molecule has 0 fully saturated rings. The Morgan fingerprint density at radius 2 is 2.09 bits per heavy atom. The lowest BCUT2D eigenvalue weighted by Crippen LogP contribution is -2.15. The summed E-state index contributed by atoms with van der Waals surface area (Å²) in [5.41, 5.74) is 4.75. The van der Waals surface area contributed by atoms with E-state index in [1.165, 1.54) is 11.3 Å². The van der Waals surface area contributed by atoms with Crippen LogP contribution in [0.1, 0.15) is 33.7 Å². The first-order chi connectivity index (χ1) is 10.7. The Morgan fingerprint density at radius 1 is 1.23 bits per heavy atom. The highest BCUT2D eigenvalue weighted by molar-refractivity contribution is 7.13. The lowest BCUT2D eigenvalue weighted by molar-refractivity contribution is 0.102. The Bertz CT molecular complexity index is 885. The molecule has 1 N–H and O–H groups in total. The van der Waals surface area contributed by atoms with Crippen molar-refractivity contribution in [1.82, 2.24) is 9.97 Å². The third-order valence-corrected chi connectivity index (χ3v) is 4.86. The molecule has 0 radical (unpaired) electrons. The summed E-state index contributed by atoms with van der Waals surface area (Å²) in [5, 5.41) is 6.45. The molecule has 0 saturated heterocycles. The SMILES string of the molecule is Cc1csc(NC(=O)c2c3c(nc4ccccc24)CCC3)n1. The fourth-order valence-electron chi connectivity index (χ4n) is 3.04. The Balaban J connectivity index is 1.84. The first-order valence-corrected chi connectivity index (χ1v) is 8.24. The number of rotatable bonds is 2. The highest BCUT2D eigenvalue weighted by Crippen LogP contribution is 2.30. The molecule has 5 heteroatoms. The van der Waals surface area contributed by atoms with Crippen LogP contribution in [0.5, 0.6) is 0 Å². The van der Waals surface area contributed by atoms with E-state index in [0.717, 1.165) is 52.7 Å². The number of para-hydroxylation sites is 1. The van der Waals surface area contributed by atoms with Gasteiger partial charge >= 0.3 is 0 Å². The molecule has 0 aliphatic heterocycles. The van der Waals surface area contributed by atoms with E-state index in [9.17, 15) is 4.79 Å². The molecule has 0 unspecified atom stereocenters. The van der Waals surface area contributed by atoms with Crippen molar-refractivity contribution in [2.75, 3.05) is 5.32 Å². The van der Waals surface area contributed by atoms with E-state index in [2.05, 4.69) is 10.3 Å². The number of carbonyl (C=O) groups excluding carboxylic acids is 1. The van der Waals surface area contributed by atoms with Crippen molar-refractivity contribution in [3.63, 3.8) is 0 Å². The molecule has 0 bridgehead atoms. The zero-order valence-corrected chi connectivity index (χ0v) is 13.0. The molecule has 2 aromatic heterocycles. The van der Waals surface area contributed by atoms with E-state index in [0.29, 0.717) is 5.13 Å². The Morgan fingerprint density at radius 3 is 2.91 bits per heavy atom. The van der Waals surface area contributed by atoms with Gasteiger partial charge in [-0.1, -0.05) is 18.2 Å². The van der Waals surface area contributed by atoms with Crippen LogP contribution in [0.25, 0.3) is 10.9 Å². The molecule has 2 heterocycles. The number of hydrogen-bond acceptors (Lipinski definition) is 4. The predicted octanol–water partition coefficient (Wildman–Crippen LogP) is 3.74. The van der Waals surface area contributed by atoms with Gasteiger partial charge in [0.1, 0.15) is 0 Å². The summed E-state index contributed by atoms with van der Waals surface area (Å²) in [4.78, 5) is 21.9. The maximum absolute atomic E-state index is 12.8. The van der Waals surface area contributed by atoms with Gasteiger partial charge in [0, 0.05) is 16.5 Å². The highest BCUT2D eigenvalue weighted by atomic mass is 32.1. The van der Waals surface area contributed by atoms with Crippen LogP contribution in [0.3, 0.4) is 0 Å². The summed E-state index contributed by atoms with van der Waals surface area (Å²) in [7, 11) is 0. The van der Waals surface area contributed by atoms with Gasteiger partial charge < -0.3 is 0 Å². The smallest absolute Gasteiger partial charge is 0.258 e. The van der Waals surface area contributed by atoms with Crippen molar-refractivity contribution in [3.8, 4) is 0 Å². The monoisotopic (exact) mass is 309 g/mol. The van der Waals surface area contributed by atoms with Crippen molar-refractivity contribution < 1.29 is 4.79 Å². The minimum atomic E-state index is -0.0777. The first kappa shape index (κ1) is 13.4. The predicted molar refractivity (Wildman–Crippen MR) is 88.6 cm³/mol. The molecule has 0 saturated carbocycles. The second-order valence-electron chi connectivity index (χ2n) is 5.53. The zero-order valence-electron chi connectivity index (χ0n) is 12.2. The number of nitrogens with one attached hydrogen (secondary N) is 1. The standard InChI is InChI=1S/C17H15N3OS/c1-10-9-22-17(18-10)20-16(21)15-11-5-2-3-7-13(11)19-14-8-4-6-12(14)15/h2-3,5,7,9H,4,6,8H2,1H3,(H,18,20,21). The topological polar surface area (TPSA) is 54.9 Å².